The molecule has 0 saturated carbocycles. The molecule has 0 aromatic heterocycles. The molecule has 0 unspecified atom stereocenters. The Labute approximate surface area is 128 Å². The molecule has 0 amide bonds. The largest absolute Gasteiger partial charge is 0.290 e. The summed E-state index contributed by atoms with van der Waals surface area (Å²) in [5.41, 5.74) is 2.90. The summed E-state index contributed by atoms with van der Waals surface area (Å²) in [5.74, 6) is -0.140. The van der Waals surface area contributed by atoms with E-state index in [0.29, 0.717) is 0 Å². The fourth-order valence-corrected chi connectivity index (χ4v) is 1.80. The third-order valence-electron chi connectivity index (χ3n) is 3.06. The highest BCUT2D eigenvalue weighted by Gasteiger charge is 2.02. The molecule has 4 heteroatoms. The summed E-state index contributed by atoms with van der Waals surface area (Å²) in [6.07, 6.45) is 6.31. The molecule has 0 N–H and O–H groups in total. The van der Waals surface area contributed by atoms with Crippen LogP contribution in [-0.2, 0) is 4.79 Å². The number of hydrogen-bond donors (Lipinski definition) is 0. The number of nitro groups is 1. The maximum absolute atomic E-state index is 11.7. The van der Waals surface area contributed by atoms with Gasteiger partial charge in [0.2, 0.25) is 0 Å². The first-order valence-electron chi connectivity index (χ1n) is 6.76. The minimum absolute atomic E-state index is 0.0303. The van der Waals surface area contributed by atoms with E-state index in [0.717, 1.165) is 11.1 Å². The van der Waals surface area contributed by atoms with Gasteiger partial charge in [-0.2, -0.15) is 0 Å². The highest BCUT2D eigenvalue weighted by atomic mass is 16.6. The number of allylic oxidation sites excluding steroid dienone is 2. The van der Waals surface area contributed by atoms with Crippen molar-refractivity contribution in [2.75, 3.05) is 0 Å². The molecule has 0 aliphatic heterocycles. The normalized spacial score (nSPS) is 11.1. The second-order valence-corrected chi connectivity index (χ2v) is 4.83. The predicted octanol–water partition coefficient (Wildman–Crippen LogP) is 4.20. The van der Waals surface area contributed by atoms with Crippen LogP contribution in [0.25, 0.3) is 12.2 Å². The van der Waals surface area contributed by atoms with Crippen molar-refractivity contribution in [1.82, 2.24) is 0 Å². The second-order valence-electron chi connectivity index (χ2n) is 4.83. The van der Waals surface area contributed by atoms with Crippen molar-refractivity contribution < 1.29 is 9.72 Å². The van der Waals surface area contributed by atoms with Crippen LogP contribution < -0.4 is 0 Å². The SMILES string of the molecule is Cc1ccc(C=CC(=O)C=Cc2ccc([N+](=O)[O-])cc2)cc1. The number of non-ortho nitro benzene ring substituents is 1. The summed E-state index contributed by atoms with van der Waals surface area (Å²) in [4.78, 5) is 21.8. The van der Waals surface area contributed by atoms with E-state index in [2.05, 4.69) is 0 Å². The lowest BCUT2D eigenvalue weighted by Gasteiger charge is -1.94. The Morgan fingerprint density at radius 1 is 0.909 bits per heavy atom. The molecule has 2 rings (SSSR count). The fourth-order valence-electron chi connectivity index (χ4n) is 1.80. The van der Waals surface area contributed by atoms with E-state index in [9.17, 15) is 14.9 Å². The van der Waals surface area contributed by atoms with Crippen LogP contribution in [0.2, 0.25) is 0 Å². The molecular weight excluding hydrogens is 278 g/mol. The molecule has 2 aromatic carbocycles. The van der Waals surface area contributed by atoms with Gasteiger partial charge in [0.25, 0.3) is 5.69 Å². The number of aryl methyl sites for hydroxylation is 1. The molecule has 0 fully saturated rings. The van der Waals surface area contributed by atoms with E-state index in [1.54, 1.807) is 24.3 Å². The van der Waals surface area contributed by atoms with E-state index in [-0.39, 0.29) is 11.5 Å². The smallest absolute Gasteiger partial charge is 0.269 e. The number of carbonyl (C=O) groups is 1. The lowest BCUT2D eigenvalue weighted by Crippen LogP contribution is -1.87. The predicted molar refractivity (Wildman–Crippen MR) is 87.4 cm³/mol. The maximum atomic E-state index is 11.7. The van der Waals surface area contributed by atoms with Gasteiger partial charge in [-0.05, 0) is 42.3 Å². The molecule has 0 bridgehead atoms. The van der Waals surface area contributed by atoms with E-state index in [1.807, 2.05) is 31.2 Å². The van der Waals surface area contributed by atoms with Gasteiger partial charge in [0, 0.05) is 12.1 Å². The van der Waals surface area contributed by atoms with Gasteiger partial charge in [-0.1, -0.05) is 42.0 Å². The molecule has 0 radical (unpaired) electrons. The van der Waals surface area contributed by atoms with E-state index in [1.165, 1.54) is 29.8 Å². The van der Waals surface area contributed by atoms with Crippen LogP contribution in [0, 0.1) is 17.0 Å². The lowest BCUT2D eigenvalue weighted by molar-refractivity contribution is -0.384. The number of ketones is 1. The number of carbonyl (C=O) groups excluding carboxylic acids is 1. The lowest BCUT2D eigenvalue weighted by atomic mass is 10.1. The van der Waals surface area contributed by atoms with E-state index >= 15 is 0 Å². The number of benzene rings is 2. The van der Waals surface area contributed by atoms with Gasteiger partial charge in [0.05, 0.1) is 4.92 Å². The highest BCUT2D eigenvalue weighted by Crippen LogP contribution is 2.13. The van der Waals surface area contributed by atoms with Gasteiger partial charge >= 0.3 is 0 Å². The van der Waals surface area contributed by atoms with Crippen LogP contribution in [0.3, 0.4) is 0 Å². The number of nitro benzene ring substituents is 1. The summed E-state index contributed by atoms with van der Waals surface area (Å²) in [5, 5.41) is 10.5. The number of rotatable bonds is 5. The van der Waals surface area contributed by atoms with Crippen molar-refractivity contribution in [2.24, 2.45) is 0 Å². The molecular formula is C18H15NO3. The third kappa shape index (κ3) is 4.52. The molecule has 22 heavy (non-hydrogen) atoms. The van der Waals surface area contributed by atoms with Crippen molar-refractivity contribution in [3.63, 3.8) is 0 Å². The van der Waals surface area contributed by atoms with E-state index < -0.39 is 4.92 Å². The Hall–Kier alpha value is -3.01. The first kappa shape index (κ1) is 15.4. The Balaban J connectivity index is 1.98. The van der Waals surface area contributed by atoms with Gasteiger partial charge in [0.15, 0.2) is 5.78 Å². The van der Waals surface area contributed by atoms with Crippen molar-refractivity contribution in [3.8, 4) is 0 Å². The topological polar surface area (TPSA) is 60.2 Å². The van der Waals surface area contributed by atoms with Crippen molar-refractivity contribution in [2.45, 2.75) is 6.92 Å². The molecule has 0 aliphatic rings. The average Bonchev–Trinajstić information content (AvgIpc) is 2.52. The summed E-state index contributed by atoms with van der Waals surface area (Å²) in [7, 11) is 0. The van der Waals surface area contributed by atoms with Crippen molar-refractivity contribution in [1.29, 1.82) is 0 Å². The monoisotopic (exact) mass is 293 g/mol. The maximum Gasteiger partial charge on any atom is 0.269 e. The number of hydrogen-bond acceptors (Lipinski definition) is 3. The van der Waals surface area contributed by atoms with Crippen LogP contribution in [0.5, 0.6) is 0 Å². The van der Waals surface area contributed by atoms with Gasteiger partial charge in [-0.3, -0.25) is 14.9 Å². The Bertz CT molecular complexity index is 726. The summed E-state index contributed by atoms with van der Waals surface area (Å²) in [6.45, 7) is 2.01. The van der Waals surface area contributed by atoms with Gasteiger partial charge in [-0.25, -0.2) is 0 Å². The summed E-state index contributed by atoms with van der Waals surface area (Å²) in [6, 6.07) is 13.9. The fraction of sp³-hybridized carbons (Fsp3) is 0.0556. The quantitative estimate of drug-likeness (QED) is 0.471. The molecule has 4 nitrogen and oxygen atoms in total. The van der Waals surface area contributed by atoms with Gasteiger partial charge < -0.3 is 0 Å². The Morgan fingerprint density at radius 2 is 1.36 bits per heavy atom. The molecule has 0 atom stereocenters. The van der Waals surface area contributed by atoms with Crippen LogP contribution in [0.4, 0.5) is 5.69 Å². The number of nitrogens with zero attached hydrogens (tertiary/aromatic N) is 1. The van der Waals surface area contributed by atoms with Crippen molar-refractivity contribution in [3.05, 3.63) is 87.5 Å². The summed E-state index contributed by atoms with van der Waals surface area (Å²) < 4.78 is 0. The third-order valence-corrected chi connectivity index (χ3v) is 3.06. The minimum atomic E-state index is -0.455. The zero-order valence-electron chi connectivity index (χ0n) is 12.1. The standard InChI is InChI=1S/C18H15NO3/c1-14-2-4-15(5-3-14)8-12-18(20)13-9-16-6-10-17(11-7-16)19(21)22/h2-13H,1H3. The van der Waals surface area contributed by atoms with E-state index in [4.69, 9.17) is 0 Å². The summed E-state index contributed by atoms with van der Waals surface area (Å²) >= 11 is 0. The minimum Gasteiger partial charge on any atom is -0.290 e. The van der Waals surface area contributed by atoms with Crippen molar-refractivity contribution >= 4 is 23.6 Å². The highest BCUT2D eigenvalue weighted by molar-refractivity contribution is 6.04. The first-order valence-corrected chi connectivity index (χ1v) is 6.76. The molecule has 0 aliphatic carbocycles. The first-order chi connectivity index (χ1) is 10.5. The zero-order chi connectivity index (χ0) is 15.9. The molecule has 0 heterocycles. The van der Waals surface area contributed by atoms with Crippen LogP contribution >= 0.6 is 0 Å². The Kier molecular flexibility index (Phi) is 4.98. The Morgan fingerprint density at radius 3 is 1.82 bits per heavy atom. The van der Waals surface area contributed by atoms with Crippen LogP contribution in [0.1, 0.15) is 16.7 Å². The van der Waals surface area contributed by atoms with Crippen LogP contribution in [-0.4, -0.2) is 10.7 Å². The average molecular weight is 293 g/mol. The zero-order valence-corrected chi connectivity index (χ0v) is 12.1. The van der Waals surface area contributed by atoms with Crippen LogP contribution in [0.15, 0.2) is 60.7 Å². The van der Waals surface area contributed by atoms with Gasteiger partial charge in [0.1, 0.15) is 0 Å². The second kappa shape index (κ2) is 7.13. The van der Waals surface area contributed by atoms with Gasteiger partial charge in [-0.15, -0.1) is 0 Å². The molecule has 0 spiro atoms. The molecule has 110 valence electrons. The molecule has 0 saturated heterocycles. The molecule has 2 aromatic rings.